The Kier molecular flexibility index (Phi) is 8.43. The van der Waals surface area contributed by atoms with E-state index in [9.17, 15) is 14.4 Å². The standard InChI is InChI=1S/C31H46N4O5/c1-21(2)17-26-29(37)34-25(18-31(3,4)5)28(36)33(24-13-15-32(16-14-24)23-11-12-23)19-27(34)35(40-26)30(38)39-20-22-9-7-6-8-10-22/h6-10,21,23-27H,11-20H2,1-5H3/t25-,26+,27-/m0/s1. The lowest BCUT2D eigenvalue weighted by Gasteiger charge is -2.55. The van der Waals surface area contributed by atoms with Gasteiger partial charge in [0.15, 0.2) is 12.3 Å². The first-order valence-corrected chi connectivity index (χ1v) is 15.0. The molecule has 3 amide bonds. The van der Waals surface area contributed by atoms with Gasteiger partial charge >= 0.3 is 6.09 Å². The molecule has 0 aromatic heterocycles. The van der Waals surface area contributed by atoms with Crippen molar-refractivity contribution < 1.29 is 24.0 Å². The number of rotatable bonds is 7. The van der Waals surface area contributed by atoms with Crippen LogP contribution in [0.2, 0.25) is 0 Å². The van der Waals surface area contributed by atoms with Crippen LogP contribution in [0.1, 0.15) is 78.7 Å². The van der Waals surface area contributed by atoms with E-state index in [0.717, 1.165) is 31.5 Å². The zero-order valence-electron chi connectivity index (χ0n) is 24.8. The van der Waals surface area contributed by atoms with Crippen molar-refractivity contribution in [3.63, 3.8) is 0 Å². The Morgan fingerprint density at radius 2 is 1.68 bits per heavy atom. The maximum Gasteiger partial charge on any atom is 0.436 e. The minimum atomic E-state index is -0.843. The molecule has 1 aliphatic carbocycles. The van der Waals surface area contributed by atoms with Crippen molar-refractivity contribution in [2.75, 3.05) is 19.6 Å². The average Bonchev–Trinajstić information content (AvgIpc) is 3.76. The Labute approximate surface area is 238 Å². The second-order valence-electron chi connectivity index (χ2n) is 13.6. The van der Waals surface area contributed by atoms with Crippen LogP contribution in [0.4, 0.5) is 4.79 Å². The quantitative estimate of drug-likeness (QED) is 0.497. The summed E-state index contributed by atoms with van der Waals surface area (Å²) in [5.74, 6) is -0.0498. The van der Waals surface area contributed by atoms with Crippen molar-refractivity contribution >= 4 is 17.9 Å². The van der Waals surface area contributed by atoms with E-state index in [4.69, 9.17) is 9.57 Å². The summed E-state index contributed by atoms with van der Waals surface area (Å²) in [6.07, 6.45) is 3.10. The van der Waals surface area contributed by atoms with E-state index in [1.165, 1.54) is 17.9 Å². The number of ether oxygens (including phenoxy) is 1. The Hall–Kier alpha value is -2.65. The molecule has 3 aliphatic heterocycles. The second kappa shape index (κ2) is 11.7. The number of hydrogen-bond acceptors (Lipinski definition) is 6. The van der Waals surface area contributed by atoms with Gasteiger partial charge in [-0.05, 0) is 55.4 Å². The number of piperazine rings is 1. The molecule has 0 radical (unpaired) electrons. The predicted octanol–water partition coefficient (Wildman–Crippen LogP) is 4.41. The fourth-order valence-corrected chi connectivity index (χ4v) is 6.39. The highest BCUT2D eigenvalue weighted by atomic mass is 16.7. The molecule has 0 unspecified atom stereocenters. The molecule has 1 saturated carbocycles. The molecule has 3 saturated heterocycles. The van der Waals surface area contributed by atoms with Crippen LogP contribution in [-0.2, 0) is 25.8 Å². The predicted molar refractivity (Wildman–Crippen MR) is 151 cm³/mol. The van der Waals surface area contributed by atoms with Crippen molar-refractivity contribution in [2.45, 2.75) is 110 Å². The van der Waals surface area contributed by atoms with Gasteiger partial charge < -0.3 is 19.4 Å². The normalized spacial score (nSPS) is 26.9. The first kappa shape index (κ1) is 28.9. The molecule has 3 heterocycles. The van der Waals surface area contributed by atoms with Crippen LogP contribution in [0.5, 0.6) is 0 Å². The minimum Gasteiger partial charge on any atom is -0.443 e. The molecule has 3 atom stereocenters. The van der Waals surface area contributed by atoms with Crippen molar-refractivity contribution in [1.82, 2.24) is 19.8 Å². The monoisotopic (exact) mass is 554 g/mol. The SMILES string of the molecule is CC(C)C[C@H]1ON(C(=O)OCc2ccccc2)[C@H]2CN(C3CCN(C4CC4)CC3)C(=O)[C@H](CC(C)(C)C)N2C1=O. The summed E-state index contributed by atoms with van der Waals surface area (Å²) in [6.45, 7) is 12.6. The molecular formula is C31H46N4O5. The van der Waals surface area contributed by atoms with Crippen LogP contribution in [-0.4, -0.2) is 87.7 Å². The number of nitrogens with zero attached hydrogens (tertiary/aromatic N) is 4. The van der Waals surface area contributed by atoms with Gasteiger partial charge in [-0.3, -0.25) is 14.4 Å². The maximum absolute atomic E-state index is 14.2. The fourth-order valence-electron chi connectivity index (χ4n) is 6.39. The number of fused-ring (bicyclic) bond motifs is 1. The maximum atomic E-state index is 14.2. The van der Waals surface area contributed by atoms with Gasteiger partial charge in [0.05, 0.1) is 6.54 Å². The molecule has 0 bridgehead atoms. The van der Waals surface area contributed by atoms with E-state index in [1.807, 2.05) is 49.1 Å². The van der Waals surface area contributed by atoms with Gasteiger partial charge in [-0.1, -0.05) is 65.0 Å². The summed E-state index contributed by atoms with van der Waals surface area (Å²) < 4.78 is 5.71. The van der Waals surface area contributed by atoms with E-state index in [2.05, 4.69) is 25.7 Å². The highest BCUT2D eigenvalue weighted by Crippen LogP contribution is 2.37. The largest absolute Gasteiger partial charge is 0.443 e. The van der Waals surface area contributed by atoms with E-state index >= 15 is 0 Å². The number of hydrogen-bond donors (Lipinski definition) is 0. The average molecular weight is 555 g/mol. The zero-order valence-corrected chi connectivity index (χ0v) is 24.8. The third kappa shape index (κ3) is 6.46. The second-order valence-corrected chi connectivity index (χ2v) is 13.6. The molecular weight excluding hydrogens is 508 g/mol. The Morgan fingerprint density at radius 1 is 1.00 bits per heavy atom. The van der Waals surface area contributed by atoms with Crippen molar-refractivity contribution in [3.8, 4) is 0 Å². The lowest BCUT2D eigenvalue weighted by Crippen LogP contribution is -2.75. The molecule has 4 aliphatic rings. The third-order valence-electron chi connectivity index (χ3n) is 8.51. The number of benzene rings is 1. The molecule has 40 heavy (non-hydrogen) atoms. The molecule has 1 aromatic carbocycles. The number of amides is 3. The van der Waals surface area contributed by atoms with Gasteiger partial charge in [-0.15, -0.1) is 0 Å². The highest BCUT2D eigenvalue weighted by molar-refractivity contribution is 5.92. The molecule has 0 N–H and O–H groups in total. The van der Waals surface area contributed by atoms with E-state index in [0.29, 0.717) is 18.9 Å². The summed E-state index contributed by atoms with van der Waals surface area (Å²) in [5.41, 5.74) is 0.668. The van der Waals surface area contributed by atoms with Gasteiger partial charge in [-0.2, -0.15) is 5.06 Å². The van der Waals surface area contributed by atoms with Crippen LogP contribution in [0.15, 0.2) is 30.3 Å². The van der Waals surface area contributed by atoms with Gasteiger partial charge in [-0.25, -0.2) is 4.79 Å². The van der Waals surface area contributed by atoms with Crippen molar-refractivity contribution in [2.24, 2.45) is 11.3 Å². The fraction of sp³-hybridized carbons (Fsp3) is 0.710. The topological polar surface area (TPSA) is 82.6 Å². The summed E-state index contributed by atoms with van der Waals surface area (Å²) in [5, 5.41) is 1.26. The van der Waals surface area contributed by atoms with Gasteiger partial charge in [0.2, 0.25) is 5.91 Å². The first-order valence-electron chi connectivity index (χ1n) is 15.0. The lowest BCUT2D eigenvalue weighted by molar-refractivity contribution is -0.271. The molecule has 0 spiro atoms. The summed E-state index contributed by atoms with van der Waals surface area (Å²) >= 11 is 0. The Bertz CT molecular complexity index is 1060. The van der Waals surface area contributed by atoms with Crippen LogP contribution >= 0.6 is 0 Å². The Balaban J connectivity index is 1.42. The number of carbonyl (C=O) groups excluding carboxylic acids is 3. The Morgan fingerprint density at radius 3 is 2.27 bits per heavy atom. The van der Waals surface area contributed by atoms with Crippen molar-refractivity contribution in [3.05, 3.63) is 35.9 Å². The van der Waals surface area contributed by atoms with E-state index in [-0.39, 0.29) is 42.3 Å². The molecule has 5 rings (SSSR count). The van der Waals surface area contributed by atoms with Crippen LogP contribution in [0.3, 0.4) is 0 Å². The highest BCUT2D eigenvalue weighted by Gasteiger charge is 2.55. The van der Waals surface area contributed by atoms with E-state index < -0.39 is 24.4 Å². The lowest BCUT2D eigenvalue weighted by atomic mass is 9.84. The minimum absolute atomic E-state index is 0.00723. The molecule has 1 aromatic rings. The molecule has 4 fully saturated rings. The van der Waals surface area contributed by atoms with Crippen molar-refractivity contribution in [1.29, 1.82) is 0 Å². The summed E-state index contributed by atoms with van der Waals surface area (Å²) in [4.78, 5) is 54.0. The summed E-state index contributed by atoms with van der Waals surface area (Å²) in [6, 6.07) is 9.64. The van der Waals surface area contributed by atoms with Gasteiger partial charge in [0, 0.05) is 25.2 Å². The molecule has 9 nitrogen and oxygen atoms in total. The molecule has 220 valence electrons. The van der Waals surface area contributed by atoms with Crippen LogP contribution in [0.25, 0.3) is 0 Å². The van der Waals surface area contributed by atoms with Gasteiger partial charge in [0.25, 0.3) is 5.91 Å². The zero-order chi connectivity index (χ0) is 28.6. The number of piperidine rings is 1. The van der Waals surface area contributed by atoms with Crippen LogP contribution < -0.4 is 0 Å². The molecule has 9 heteroatoms. The summed E-state index contributed by atoms with van der Waals surface area (Å²) in [7, 11) is 0. The van der Waals surface area contributed by atoms with E-state index in [1.54, 1.807) is 4.90 Å². The number of carbonyl (C=O) groups is 3. The number of hydroxylamine groups is 2. The third-order valence-corrected chi connectivity index (χ3v) is 8.51. The van der Waals surface area contributed by atoms with Crippen LogP contribution in [0, 0.1) is 11.3 Å². The number of likely N-dealkylation sites (tertiary alicyclic amines) is 1. The smallest absolute Gasteiger partial charge is 0.436 e. The first-order chi connectivity index (χ1) is 19.0. The van der Waals surface area contributed by atoms with Gasteiger partial charge in [0.1, 0.15) is 12.6 Å².